The second-order valence-electron chi connectivity index (χ2n) is 4.23. The van der Waals surface area contributed by atoms with Gasteiger partial charge in [-0.25, -0.2) is 4.79 Å². The summed E-state index contributed by atoms with van der Waals surface area (Å²) in [5.74, 6) is 0.570. The maximum absolute atomic E-state index is 11.3. The summed E-state index contributed by atoms with van der Waals surface area (Å²) in [6, 6.07) is -0.234. The first kappa shape index (κ1) is 13.2. The molecule has 0 rings (SSSR count). The highest BCUT2D eigenvalue weighted by Gasteiger charge is 2.10. The Labute approximate surface area is 86.1 Å². The van der Waals surface area contributed by atoms with Crippen LogP contribution in [0.1, 0.15) is 34.1 Å². The van der Waals surface area contributed by atoms with Crippen molar-refractivity contribution in [3.8, 4) is 0 Å². The number of urea groups is 1. The lowest BCUT2D eigenvalue weighted by Gasteiger charge is -2.18. The van der Waals surface area contributed by atoms with Crippen LogP contribution in [0, 0.1) is 5.92 Å². The Morgan fingerprint density at radius 3 is 2.07 bits per heavy atom. The van der Waals surface area contributed by atoms with Gasteiger partial charge in [0.05, 0.1) is 12.6 Å². The molecule has 4 heteroatoms. The van der Waals surface area contributed by atoms with Crippen LogP contribution in [-0.4, -0.2) is 29.8 Å². The first-order valence-electron chi connectivity index (χ1n) is 5.13. The fourth-order valence-corrected chi connectivity index (χ4v) is 1.30. The van der Waals surface area contributed by atoms with Gasteiger partial charge in [-0.05, 0) is 26.2 Å². The van der Waals surface area contributed by atoms with Crippen molar-refractivity contribution < 1.29 is 9.90 Å². The van der Waals surface area contributed by atoms with Gasteiger partial charge in [0.15, 0.2) is 0 Å². The zero-order valence-electron chi connectivity index (χ0n) is 9.50. The van der Waals surface area contributed by atoms with Crippen LogP contribution in [0.3, 0.4) is 0 Å². The summed E-state index contributed by atoms with van der Waals surface area (Å²) < 4.78 is 0. The summed E-state index contributed by atoms with van der Waals surface area (Å²) in [5.41, 5.74) is 0. The molecule has 4 nitrogen and oxygen atoms in total. The average molecular weight is 202 g/mol. The molecular formula is C10H22N2O2. The summed E-state index contributed by atoms with van der Waals surface area (Å²) in [4.78, 5) is 11.3. The van der Waals surface area contributed by atoms with Gasteiger partial charge in [-0.2, -0.15) is 0 Å². The van der Waals surface area contributed by atoms with E-state index < -0.39 is 0 Å². The summed E-state index contributed by atoms with van der Waals surface area (Å²) in [6.07, 6.45) is 0.959. The van der Waals surface area contributed by atoms with Gasteiger partial charge in [-0.15, -0.1) is 0 Å². The van der Waals surface area contributed by atoms with Gasteiger partial charge < -0.3 is 15.7 Å². The lowest BCUT2D eigenvalue weighted by atomic mass is 10.1. The third-order valence-corrected chi connectivity index (χ3v) is 1.85. The maximum Gasteiger partial charge on any atom is 0.315 e. The van der Waals surface area contributed by atoms with E-state index in [4.69, 9.17) is 5.11 Å². The van der Waals surface area contributed by atoms with Gasteiger partial charge in [0.2, 0.25) is 0 Å². The van der Waals surface area contributed by atoms with Crippen molar-refractivity contribution in [2.75, 3.05) is 6.61 Å². The second kappa shape index (κ2) is 6.65. The molecular weight excluding hydrogens is 180 g/mol. The van der Waals surface area contributed by atoms with Gasteiger partial charge in [-0.3, -0.25) is 0 Å². The highest BCUT2D eigenvalue weighted by Crippen LogP contribution is 2.03. The van der Waals surface area contributed by atoms with Crippen LogP contribution in [0.4, 0.5) is 4.79 Å². The molecule has 0 aliphatic carbocycles. The number of carbonyl (C=O) groups is 1. The van der Waals surface area contributed by atoms with E-state index in [0.717, 1.165) is 6.42 Å². The molecule has 1 unspecified atom stereocenters. The van der Waals surface area contributed by atoms with Crippen LogP contribution < -0.4 is 10.6 Å². The summed E-state index contributed by atoms with van der Waals surface area (Å²) in [7, 11) is 0. The van der Waals surface area contributed by atoms with E-state index in [0.29, 0.717) is 5.92 Å². The zero-order chi connectivity index (χ0) is 11.1. The van der Waals surface area contributed by atoms with Crippen LogP contribution in [0.25, 0.3) is 0 Å². The van der Waals surface area contributed by atoms with Gasteiger partial charge >= 0.3 is 6.03 Å². The molecule has 0 aromatic rings. The molecule has 3 N–H and O–H groups in total. The molecule has 0 heterocycles. The second-order valence-corrected chi connectivity index (χ2v) is 4.23. The molecule has 0 aliphatic rings. The van der Waals surface area contributed by atoms with E-state index in [2.05, 4.69) is 24.5 Å². The molecule has 2 amide bonds. The number of rotatable bonds is 5. The Morgan fingerprint density at radius 1 is 1.14 bits per heavy atom. The Kier molecular flexibility index (Phi) is 6.28. The lowest BCUT2D eigenvalue weighted by molar-refractivity contribution is 0.217. The minimum Gasteiger partial charge on any atom is -0.394 e. The lowest BCUT2D eigenvalue weighted by Crippen LogP contribution is -2.45. The fourth-order valence-electron chi connectivity index (χ4n) is 1.30. The molecule has 0 radical (unpaired) electrons. The third-order valence-electron chi connectivity index (χ3n) is 1.85. The smallest absolute Gasteiger partial charge is 0.315 e. The van der Waals surface area contributed by atoms with Gasteiger partial charge in [-0.1, -0.05) is 13.8 Å². The molecule has 0 saturated carbocycles. The molecule has 0 aromatic carbocycles. The van der Waals surface area contributed by atoms with Crippen molar-refractivity contribution in [1.82, 2.24) is 10.6 Å². The van der Waals surface area contributed by atoms with Crippen molar-refractivity contribution >= 4 is 6.03 Å². The fraction of sp³-hybridized carbons (Fsp3) is 0.900. The van der Waals surface area contributed by atoms with E-state index in [1.54, 1.807) is 6.92 Å². The Bertz CT molecular complexity index is 172. The van der Waals surface area contributed by atoms with Crippen LogP contribution in [0.5, 0.6) is 0 Å². The molecule has 2 atom stereocenters. The van der Waals surface area contributed by atoms with Crippen molar-refractivity contribution in [1.29, 1.82) is 0 Å². The largest absolute Gasteiger partial charge is 0.394 e. The molecule has 0 aromatic heterocycles. The maximum atomic E-state index is 11.3. The van der Waals surface area contributed by atoms with Gasteiger partial charge in [0, 0.05) is 6.04 Å². The van der Waals surface area contributed by atoms with Crippen molar-refractivity contribution in [3.63, 3.8) is 0 Å². The number of nitrogens with one attached hydrogen (secondary N) is 2. The molecule has 0 fully saturated rings. The van der Waals surface area contributed by atoms with Crippen molar-refractivity contribution in [2.45, 2.75) is 46.2 Å². The first-order chi connectivity index (χ1) is 6.45. The number of carbonyl (C=O) groups excluding carboxylic acids is 1. The Balaban J connectivity index is 3.71. The standard InChI is InChI=1S/C10H22N2O2/c1-7(2)5-8(3)11-10(14)12-9(4)6-13/h7-9,13H,5-6H2,1-4H3,(H2,11,12,14)/t8?,9-/m0/s1. The average Bonchev–Trinajstić information content (AvgIpc) is 2.01. The molecule has 0 saturated heterocycles. The van der Waals surface area contributed by atoms with Gasteiger partial charge in [0.25, 0.3) is 0 Å². The van der Waals surface area contributed by atoms with Crippen molar-refractivity contribution in [2.24, 2.45) is 5.92 Å². The molecule has 0 bridgehead atoms. The molecule has 0 spiro atoms. The summed E-state index contributed by atoms with van der Waals surface area (Å²) in [5, 5.41) is 14.2. The predicted octanol–water partition coefficient (Wildman–Crippen LogP) is 1.10. The Morgan fingerprint density at radius 2 is 1.64 bits per heavy atom. The van der Waals surface area contributed by atoms with Crippen LogP contribution in [-0.2, 0) is 0 Å². The molecule has 84 valence electrons. The normalized spacial score (nSPS) is 15.0. The highest BCUT2D eigenvalue weighted by atomic mass is 16.3. The predicted molar refractivity (Wildman–Crippen MR) is 57.1 cm³/mol. The molecule has 0 aliphatic heterocycles. The highest BCUT2D eigenvalue weighted by molar-refractivity contribution is 5.74. The SMILES string of the molecule is CC(C)CC(C)NC(=O)N[C@@H](C)CO. The zero-order valence-corrected chi connectivity index (χ0v) is 9.50. The van der Waals surface area contributed by atoms with E-state index in [9.17, 15) is 4.79 Å². The van der Waals surface area contributed by atoms with Gasteiger partial charge in [0.1, 0.15) is 0 Å². The topological polar surface area (TPSA) is 61.4 Å². The summed E-state index contributed by atoms with van der Waals surface area (Å²) >= 11 is 0. The number of hydrogen-bond donors (Lipinski definition) is 3. The number of aliphatic hydroxyl groups is 1. The van der Waals surface area contributed by atoms with Crippen molar-refractivity contribution in [3.05, 3.63) is 0 Å². The van der Waals surface area contributed by atoms with E-state index in [1.165, 1.54) is 0 Å². The third kappa shape index (κ3) is 6.71. The van der Waals surface area contributed by atoms with Crippen LogP contribution >= 0.6 is 0 Å². The monoisotopic (exact) mass is 202 g/mol. The Hall–Kier alpha value is -0.770. The van der Waals surface area contributed by atoms with E-state index in [1.807, 2.05) is 6.92 Å². The van der Waals surface area contributed by atoms with E-state index in [-0.39, 0.29) is 24.7 Å². The minimum atomic E-state index is -0.209. The first-order valence-corrected chi connectivity index (χ1v) is 5.13. The quantitative estimate of drug-likeness (QED) is 0.625. The number of aliphatic hydroxyl groups excluding tert-OH is 1. The molecule has 14 heavy (non-hydrogen) atoms. The van der Waals surface area contributed by atoms with Crippen LogP contribution in [0.2, 0.25) is 0 Å². The van der Waals surface area contributed by atoms with Crippen LogP contribution in [0.15, 0.2) is 0 Å². The minimum absolute atomic E-state index is 0.0357. The summed E-state index contributed by atoms with van der Waals surface area (Å²) in [6.45, 7) is 7.93. The number of hydrogen-bond acceptors (Lipinski definition) is 2. The number of amides is 2. The van der Waals surface area contributed by atoms with E-state index >= 15 is 0 Å².